The number of nitrogens with one attached hydrogen (secondary N) is 1. The topological polar surface area (TPSA) is 66.4 Å². The van der Waals surface area contributed by atoms with Gasteiger partial charge in [-0.25, -0.2) is 0 Å². The van der Waals surface area contributed by atoms with Crippen molar-refractivity contribution in [3.8, 4) is 0 Å². The first kappa shape index (κ1) is 19.0. The number of benzene rings is 1. The summed E-state index contributed by atoms with van der Waals surface area (Å²) in [6, 6.07) is 4.26. The van der Waals surface area contributed by atoms with E-state index in [1.165, 1.54) is 26.0 Å². The molecule has 0 fully saturated rings. The first-order chi connectivity index (χ1) is 10.4. The zero-order valence-electron chi connectivity index (χ0n) is 13.2. The Morgan fingerprint density at radius 3 is 2.30 bits per heavy atom. The molecule has 2 N–H and O–H groups in total. The van der Waals surface area contributed by atoms with E-state index in [1.54, 1.807) is 6.92 Å². The van der Waals surface area contributed by atoms with Crippen LogP contribution in [0.4, 0.5) is 13.2 Å². The lowest BCUT2D eigenvalue weighted by Crippen LogP contribution is -2.44. The Hall–Kier alpha value is -2.05. The van der Waals surface area contributed by atoms with E-state index in [0.29, 0.717) is 0 Å². The van der Waals surface area contributed by atoms with Gasteiger partial charge in [0.1, 0.15) is 0 Å². The minimum atomic E-state index is -4.47. The molecule has 0 radical (unpaired) electrons. The number of carboxylic acids is 1. The van der Waals surface area contributed by atoms with Crippen molar-refractivity contribution in [1.29, 1.82) is 0 Å². The summed E-state index contributed by atoms with van der Waals surface area (Å²) in [5.74, 6) is -1.42. The fourth-order valence-electron chi connectivity index (χ4n) is 2.03. The first-order valence-electron chi connectivity index (χ1n) is 7.15. The van der Waals surface area contributed by atoms with Crippen LogP contribution in [0.1, 0.15) is 44.7 Å². The van der Waals surface area contributed by atoms with Crippen molar-refractivity contribution in [3.63, 3.8) is 0 Å². The van der Waals surface area contributed by atoms with Crippen LogP contribution >= 0.6 is 0 Å². The molecule has 4 nitrogen and oxygen atoms in total. The number of carbonyl (C=O) groups is 2. The fourth-order valence-corrected chi connectivity index (χ4v) is 2.03. The van der Waals surface area contributed by atoms with Crippen molar-refractivity contribution >= 4 is 11.9 Å². The van der Waals surface area contributed by atoms with Gasteiger partial charge < -0.3 is 10.4 Å². The second-order valence-corrected chi connectivity index (χ2v) is 6.01. The number of aliphatic carboxylic acids is 1. The molecule has 23 heavy (non-hydrogen) atoms. The number of hydrogen-bond donors (Lipinski definition) is 2. The molecular weight excluding hydrogens is 311 g/mol. The van der Waals surface area contributed by atoms with Gasteiger partial charge in [-0.3, -0.25) is 9.59 Å². The molecule has 0 spiro atoms. The largest absolute Gasteiger partial charge is 0.481 e. The summed E-state index contributed by atoms with van der Waals surface area (Å²) in [6.07, 6.45) is -4.32. The number of carboxylic acid groups (broad SMARTS) is 1. The Labute approximate surface area is 132 Å². The molecule has 0 aliphatic rings. The predicted octanol–water partition coefficient (Wildman–Crippen LogP) is 3.35. The van der Waals surface area contributed by atoms with Crippen molar-refractivity contribution in [2.75, 3.05) is 0 Å². The molecule has 128 valence electrons. The molecule has 1 aromatic rings. The van der Waals surface area contributed by atoms with Crippen LogP contribution in [0.2, 0.25) is 0 Å². The van der Waals surface area contributed by atoms with Crippen LogP contribution in [0.15, 0.2) is 24.3 Å². The van der Waals surface area contributed by atoms with Gasteiger partial charge in [0, 0.05) is 12.5 Å². The highest BCUT2D eigenvalue weighted by Crippen LogP contribution is 2.33. The van der Waals surface area contributed by atoms with Gasteiger partial charge in [-0.05, 0) is 38.8 Å². The molecule has 1 rings (SSSR count). The van der Waals surface area contributed by atoms with Gasteiger partial charge in [0.25, 0.3) is 0 Å². The van der Waals surface area contributed by atoms with E-state index >= 15 is 0 Å². The summed E-state index contributed by atoms with van der Waals surface area (Å²) in [7, 11) is 0. The summed E-state index contributed by atoms with van der Waals surface area (Å²) in [4.78, 5) is 22.9. The maximum Gasteiger partial charge on any atom is 0.416 e. The number of amides is 1. The molecule has 1 unspecified atom stereocenters. The maximum atomic E-state index is 12.8. The van der Waals surface area contributed by atoms with Crippen LogP contribution in [-0.2, 0) is 21.2 Å². The van der Waals surface area contributed by atoms with Crippen molar-refractivity contribution in [1.82, 2.24) is 5.32 Å². The third kappa shape index (κ3) is 5.26. The van der Waals surface area contributed by atoms with Crippen LogP contribution in [-0.4, -0.2) is 23.0 Å². The number of hydrogen-bond acceptors (Lipinski definition) is 2. The van der Waals surface area contributed by atoms with Crippen LogP contribution in [0.3, 0.4) is 0 Å². The van der Waals surface area contributed by atoms with E-state index in [1.807, 2.05) is 0 Å². The monoisotopic (exact) mass is 331 g/mol. The number of carbonyl (C=O) groups excluding carboxylic acids is 1. The molecule has 7 heteroatoms. The van der Waals surface area contributed by atoms with Gasteiger partial charge in [-0.2, -0.15) is 13.2 Å². The lowest BCUT2D eigenvalue weighted by molar-refractivity contribution is -0.138. The van der Waals surface area contributed by atoms with Gasteiger partial charge >= 0.3 is 12.1 Å². The molecular formula is C16H20F3NO3. The number of alkyl halides is 3. The van der Waals surface area contributed by atoms with Gasteiger partial charge in [0.2, 0.25) is 5.91 Å². The zero-order chi connectivity index (χ0) is 17.8. The predicted molar refractivity (Wildman–Crippen MR) is 78.9 cm³/mol. The highest BCUT2D eigenvalue weighted by molar-refractivity contribution is 5.87. The second kappa shape index (κ2) is 7.02. The molecule has 1 aromatic carbocycles. The normalized spacial score (nSPS) is 13.5. The third-order valence-corrected chi connectivity index (χ3v) is 3.65. The van der Waals surface area contributed by atoms with E-state index in [2.05, 4.69) is 5.32 Å². The van der Waals surface area contributed by atoms with Crippen molar-refractivity contribution in [2.24, 2.45) is 0 Å². The van der Waals surface area contributed by atoms with E-state index in [0.717, 1.165) is 12.1 Å². The van der Waals surface area contributed by atoms with Crippen LogP contribution in [0.25, 0.3) is 0 Å². The smallest absolute Gasteiger partial charge is 0.416 e. The Bertz CT molecular complexity index is 582. The minimum Gasteiger partial charge on any atom is -0.481 e. The average Bonchev–Trinajstić information content (AvgIpc) is 2.44. The van der Waals surface area contributed by atoms with E-state index in [-0.39, 0.29) is 24.4 Å². The Morgan fingerprint density at radius 1 is 1.22 bits per heavy atom. The van der Waals surface area contributed by atoms with Gasteiger partial charge in [-0.15, -0.1) is 0 Å². The van der Waals surface area contributed by atoms with E-state index in [4.69, 9.17) is 5.11 Å². The lowest BCUT2D eigenvalue weighted by Gasteiger charge is -2.27. The molecule has 0 aliphatic heterocycles. The van der Waals surface area contributed by atoms with E-state index in [9.17, 15) is 22.8 Å². The van der Waals surface area contributed by atoms with Crippen LogP contribution in [0.5, 0.6) is 0 Å². The van der Waals surface area contributed by atoms with Gasteiger partial charge in [0.05, 0.1) is 11.0 Å². The van der Waals surface area contributed by atoms with Gasteiger partial charge in [-0.1, -0.05) is 18.2 Å². The SMILES string of the molecule is CC(CCC(=O)O)NC(=O)C(C)(C)c1cccc(C(F)(F)F)c1. The molecule has 0 heterocycles. The molecule has 0 aromatic heterocycles. The lowest BCUT2D eigenvalue weighted by atomic mass is 9.82. The van der Waals surface area contributed by atoms with Crippen molar-refractivity contribution in [3.05, 3.63) is 35.4 Å². The summed E-state index contributed by atoms with van der Waals surface area (Å²) < 4.78 is 38.4. The molecule has 0 aliphatic carbocycles. The molecule has 0 saturated heterocycles. The average molecular weight is 331 g/mol. The number of rotatable bonds is 6. The molecule has 0 bridgehead atoms. The summed E-state index contributed by atoms with van der Waals surface area (Å²) in [5.41, 5.74) is -1.73. The first-order valence-corrected chi connectivity index (χ1v) is 7.15. The minimum absolute atomic E-state index is 0.0918. The summed E-state index contributed by atoms with van der Waals surface area (Å²) >= 11 is 0. The van der Waals surface area contributed by atoms with Crippen molar-refractivity contribution < 1.29 is 27.9 Å². The molecule has 1 atom stereocenters. The van der Waals surface area contributed by atoms with Gasteiger partial charge in [0.15, 0.2) is 0 Å². The second-order valence-electron chi connectivity index (χ2n) is 6.01. The highest BCUT2D eigenvalue weighted by Gasteiger charge is 2.35. The quantitative estimate of drug-likeness (QED) is 0.840. The maximum absolute atomic E-state index is 12.8. The Morgan fingerprint density at radius 2 is 1.78 bits per heavy atom. The van der Waals surface area contributed by atoms with Crippen LogP contribution in [0, 0.1) is 0 Å². The Kier molecular flexibility index (Phi) is 5.80. The fraction of sp³-hybridized carbons (Fsp3) is 0.500. The third-order valence-electron chi connectivity index (χ3n) is 3.65. The zero-order valence-corrected chi connectivity index (χ0v) is 13.2. The molecule has 1 amide bonds. The van der Waals surface area contributed by atoms with E-state index < -0.39 is 29.0 Å². The Balaban J connectivity index is 2.89. The van der Waals surface area contributed by atoms with Crippen LogP contribution < -0.4 is 5.32 Å². The summed E-state index contributed by atoms with van der Waals surface area (Å²) in [6.45, 7) is 4.71. The summed E-state index contributed by atoms with van der Waals surface area (Å²) in [5, 5.41) is 11.3. The molecule has 0 saturated carbocycles. The number of halogens is 3. The standard InChI is InChI=1S/C16H20F3NO3/c1-10(7-8-13(21)22)20-14(23)15(2,3)11-5-4-6-12(9-11)16(17,18)19/h4-6,9-10H,7-8H2,1-3H3,(H,20,23)(H,21,22). The highest BCUT2D eigenvalue weighted by atomic mass is 19.4. The van der Waals surface area contributed by atoms with Crippen molar-refractivity contribution in [2.45, 2.75) is 51.2 Å².